The first kappa shape index (κ1) is 11.0. The minimum atomic E-state index is 0.708. The molecular weight excluding hydrogens is 158 g/mol. The molecule has 0 N–H and O–H groups in total. The molecule has 0 heterocycles. The summed E-state index contributed by atoms with van der Waals surface area (Å²) in [5.41, 5.74) is 0. The molecule has 1 rings (SSSR count). The molecule has 0 radical (unpaired) electrons. The molecule has 0 saturated heterocycles. The fraction of sp³-hybridized carbons (Fsp3) is 1.00. The Bertz CT molecular complexity index is 134. The Morgan fingerprint density at radius 2 is 1.69 bits per heavy atom. The van der Waals surface area contributed by atoms with Gasteiger partial charge in [0.25, 0.3) is 0 Å². The maximum atomic E-state index is 2.49. The number of rotatable bonds is 3. The van der Waals surface area contributed by atoms with Gasteiger partial charge in [0.15, 0.2) is 0 Å². The molecular formula is C12H25N. The summed E-state index contributed by atoms with van der Waals surface area (Å²) >= 11 is 0. The van der Waals surface area contributed by atoms with Gasteiger partial charge in [0.1, 0.15) is 0 Å². The van der Waals surface area contributed by atoms with E-state index >= 15 is 0 Å². The quantitative estimate of drug-likeness (QED) is 0.649. The van der Waals surface area contributed by atoms with Gasteiger partial charge in [-0.3, -0.25) is 0 Å². The van der Waals surface area contributed by atoms with Crippen molar-refractivity contribution in [2.45, 2.75) is 52.5 Å². The third-order valence-corrected chi connectivity index (χ3v) is 3.56. The maximum Gasteiger partial charge on any atom is 0.00356 e. The molecule has 1 nitrogen and oxygen atoms in total. The van der Waals surface area contributed by atoms with Crippen molar-refractivity contribution in [3.8, 4) is 0 Å². The molecule has 1 aliphatic rings. The van der Waals surface area contributed by atoms with Gasteiger partial charge in [-0.15, -0.1) is 0 Å². The second kappa shape index (κ2) is 4.99. The molecule has 0 aromatic carbocycles. The highest BCUT2D eigenvalue weighted by molar-refractivity contribution is 4.73. The summed E-state index contributed by atoms with van der Waals surface area (Å²) < 4.78 is 0. The molecule has 1 saturated carbocycles. The Morgan fingerprint density at radius 3 is 2.15 bits per heavy atom. The van der Waals surface area contributed by atoms with Crippen molar-refractivity contribution in [2.24, 2.45) is 11.8 Å². The van der Waals surface area contributed by atoms with E-state index in [-0.39, 0.29) is 0 Å². The fourth-order valence-electron chi connectivity index (χ4n) is 2.13. The summed E-state index contributed by atoms with van der Waals surface area (Å²) in [6.07, 6.45) is 5.82. The highest BCUT2D eigenvalue weighted by atomic mass is 15.1. The van der Waals surface area contributed by atoms with Crippen LogP contribution in [-0.2, 0) is 0 Å². The molecule has 1 heteroatoms. The first-order valence-electron chi connectivity index (χ1n) is 5.79. The topological polar surface area (TPSA) is 3.24 Å². The lowest BCUT2D eigenvalue weighted by molar-refractivity contribution is 0.184. The minimum Gasteiger partial charge on any atom is -0.304 e. The van der Waals surface area contributed by atoms with Crippen LogP contribution < -0.4 is 0 Å². The first-order valence-corrected chi connectivity index (χ1v) is 5.79. The Labute approximate surface area is 83.5 Å². The smallest absolute Gasteiger partial charge is 0.00356 e. The van der Waals surface area contributed by atoms with Gasteiger partial charge < -0.3 is 4.90 Å². The SMILES string of the molecule is CC1CCC(CN(C)C(C)C)CC1. The van der Waals surface area contributed by atoms with Crippen LogP contribution in [0, 0.1) is 11.8 Å². The molecule has 0 aromatic heterocycles. The van der Waals surface area contributed by atoms with E-state index in [1.807, 2.05) is 0 Å². The molecule has 0 spiro atoms. The Balaban J connectivity index is 2.22. The number of hydrogen-bond acceptors (Lipinski definition) is 1. The van der Waals surface area contributed by atoms with Crippen LogP contribution in [0.4, 0.5) is 0 Å². The van der Waals surface area contributed by atoms with E-state index < -0.39 is 0 Å². The average molecular weight is 183 g/mol. The lowest BCUT2D eigenvalue weighted by Crippen LogP contribution is -2.33. The summed E-state index contributed by atoms with van der Waals surface area (Å²) in [5.74, 6) is 1.96. The van der Waals surface area contributed by atoms with Crippen LogP contribution in [0.1, 0.15) is 46.5 Å². The zero-order valence-electron chi connectivity index (χ0n) is 9.71. The van der Waals surface area contributed by atoms with Crippen LogP contribution in [0.5, 0.6) is 0 Å². The molecule has 1 fully saturated rings. The van der Waals surface area contributed by atoms with Gasteiger partial charge >= 0.3 is 0 Å². The third-order valence-electron chi connectivity index (χ3n) is 3.56. The molecule has 78 valence electrons. The third kappa shape index (κ3) is 3.68. The largest absolute Gasteiger partial charge is 0.304 e. The second-order valence-electron chi connectivity index (χ2n) is 5.16. The normalized spacial score (nSPS) is 30.0. The standard InChI is InChI=1S/C12H25N/c1-10(2)13(4)9-12-7-5-11(3)6-8-12/h10-12H,5-9H2,1-4H3. The molecule has 0 aliphatic heterocycles. The van der Waals surface area contributed by atoms with E-state index in [0.29, 0.717) is 6.04 Å². The summed E-state index contributed by atoms with van der Waals surface area (Å²) in [7, 11) is 2.25. The zero-order chi connectivity index (χ0) is 9.84. The first-order chi connectivity index (χ1) is 6.09. The highest BCUT2D eigenvalue weighted by Gasteiger charge is 2.19. The van der Waals surface area contributed by atoms with E-state index in [4.69, 9.17) is 0 Å². The fourth-order valence-corrected chi connectivity index (χ4v) is 2.13. The van der Waals surface area contributed by atoms with Gasteiger partial charge in [0.2, 0.25) is 0 Å². The van der Waals surface area contributed by atoms with Crippen molar-refractivity contribution in [1.29, 1.82) is 0 Å². The van der Waals surface area contributed by atoms with E-state index in [9.17, 15) is 0 Å². The van der Waals surface area contributed by atoms with Crippen LogP contribution in [0.15, 0.2) is 0 Å². The van der Waals surface area contributed by atoms with Crippen LogP contribution in [0.3, 0.4) is 0 Å². The molecule has 0 atom stereocenters. The molecule has 0 bridgehead atoms. The minimum absolute atomic E-state index is 0.708. The lowest BCUT2D eigenvalue weighted by Gasteiger charge is -2.31. The number of nitrogens with zero attached hydrogens (tertiary/aromatic N) is 1. The molecule has 0 aromatic rings. The van der Waals surface area contributed by atoms with Gasteiger partial charge in [-0.1, -0.05) is 19.8 Å². The van der Waals surface area contributed by atoms with E-state index in [1.54, 1.807) is 0 Å². The van der Waals surface area contributed by atoms with Gasteiger partial charge in [-0.25, -0.2) is 0 Å². The monoisotopic (exact) mass is 183 g/mol. The van der Waals surface area contributed by atoms with E-state index in [2.05, 4.69) is 32.7 Å². The highest BCUT2D eigenvalue weighted by Crippen LogP contribution is 2.28. The molecule has 0 amide bonds. The average Bonchev–Trinajstić information content (AvgIpc) is 2.08. The van der Waals surface area contributed by atoms with Crippen molar-refractivity contribution in [1.82, 2.24) is 4.90 Å². The predicted octanol–water partition coefficient (Wildman–Crippen LogP) is 3.15. The lowest BCUT2D eigenvalue weighted by atomic mass is 9.83. The van der Waals surface area contributed by atoms with Crippen molar-refractivity contribution in [2.75, 3.05) is 13.6 Å². The Hall–Kier alpha value is -0.0400. The van der Waals surface area contributed by atoms with E-state index in [1.165, 1.54) is 32.2 Å². The van der Waals surface area contributed by atoms with Crippen molar-refractivity contribution in [3.63, 3.8) is 0 Å². The van der Waals surface area contributed by atoms with Gasteiger partial charge in [-0.2, -0.15) is 0 Å². The second-order valence-corrected chi connectivity index (χ2v) is 5.16. The van der Waals surface area contributed by atoms with Crippen LogP contribution in [0.2, 0.25) is 0 Å². The summed E-state index contributed by atoms with van der Waals surface area (Å²) in [5, 5.41) is 0. The summed E-state index contributed by atoms with van der Waals surface area (Å²) in [4.78, 5) is 2.49. The predicted molar refractivity (Wildman–Crippen MR) is 58.9 cm³/mol. The van der Waals surface area contributed by atoms with Crippen LogP contribution in [-0.4, -0.2) is 24.5 Å². The number of hydrogen-bond donors (Lipinski definition) is 0. The van der Waals surface area contributed by atoms with E-state index in [0.717, 1.165) is 11.8 Å². The van der Waals surface area contributed by atoms with Gasteiger partial charge in [-0.05, 0) is 45.6 Å². The Morgan fingerprint density at radius 1 is 1.15 bits per heavy atom. The Kier molecular flexibility index (Phi) is 4.24. The molecule has 0 unspecified atom stereocenters. The molecule has 13 heavy (non-hydrogen) atoms. The van der Waals surface area contributed by atoms with Crippen LogP contribution in [0.25, 0.3) is 0 Å². The van der Waals surface area contributed by atoms with Gasteiger partial charge in [0.05, 0.1) is 0 Å². The van der Waals surface area contributed by atoms with Crippen molar-refractivity contribution >= 4 is 0 Å². The summed E-state index contributed by atoms with van der Waals surface area (Å²) in [6, 6.07) is 0.708. The zero-order valence-corrected chi connectivity index (χ0v) is 9.71. The van der Waals surface area contributed by atoms with Gasteiger partial charge in [0, 0.05) is 12.6 Å². The molecule has 1 aliphatic carbocycles. The van der Waals surface area contributed by atoms with Crippen molar-refractivity contribution < 1.29 is 0 Å². The summed E-state index contributed by atoms with van der Waals surface area (Å²) in [6.45, 7) is 8.27. The van der Waals surface area contributed by atoms with Crippen LogP contribution >= 0.6 is 0 Å². The van der Waals surface area contributed by atoms with Crippen molar-refractivity contribution in [3.05, 3.63) is 0 Å². The maximum absolute atomic E-state index is 2.49.